The molecule has 24 heavy (non-hydrogen) atoms. The number of rotatable bonds is 4. The summed E-state index contributed by atoms with van der Waals surface area (Å²) in [4.78, 5) is 25.6. The molecule has 0 aliphatic carbocycles. The van der Waals surface area contributed by atoms with E-state index in [2.05, 4.69) is 36.2 Å². The van der Waals surface area contributed by atoms with E-state index in [1.54, 1.807) is 23.7 Å². The van der Waals surface area contributed by atoms with Gasteiger partial charge in [0.15, 0.2) is 0 Å². The van der Waals surface area contributed by atoms with E-state index in [9.17, 15) is 4.79 Å². The predicted octanol–water partition coefficient (Wildman–Crippen LogP) is 2.89. The first kappa shape index (κ1) is 17.5. The quantitative estimate of drug-likeness (QED) is 0.780. The number of hydrogen-bond acceptors (Lipinski definition) is 5. The van der Waals surface area contributed by atoms with Crippen LogP contribution in [0.2, 0.25) is 0 Å². The standard InChI is InChI=1S/C17H21BrN4OS/c1-13-20-16(12-24-13)11-21-3-2-4-22(6-5-21)17(23)8-14-7-15(18)10-19-9-14/h7,9-10,12H,2-6,8,11H2,1H3. The van der Waals surface area contributed by atoms with Crippen LogP contribution in [0.15, 0.2) is 28.3 Å². The third-order valence-corrected chi connectivity index (χ3v) is 5.37. The monoisotopic (exact) mass is 408 g/mol. The minimum atomic E-state index is 0.182. The summed E-state index contributed by atoms with van der Waals surface area (Å²) in [7, 11) is 0. The summed E-state index contributed by atoms with van der Waals surface area (Å²) in [5.41, 5.74) is 2.09. The Labute approximate surface area is 154 Å². The van der Waals surface area contributed by atoms with Crippen LogP contribution >= 0.6 is 27.3 Å². The number of amides is 1. The zero-order valence-corrected chi connectivity index (χ0v) is 16.1. The summed E-state index contributed by atoms with van der Waals surface area (Å²) >= 11 is 5.10. The highest BCUT2D eigenvalue weighted by atomic mass is 79.9. The molecule has 0 unspecified atom stereocenters. The van der Waals surface area contributed by atoms with Gasteiger partial charge in [-0.3, -0.25) is 14.7 Å². The molecule has 2 aromatic heterocycles. The molecule has 0 atom stereocenters. The van der Waals surface area contributed by atoms with E-state index >= 15 is 0 Å². The van der Waals surface area contributed by atoms with Crippen molar-refractivity contribution in [1.82, 2.24) is 19.8 Å². The number of aromatic nitrogens is 2. The molecular formula is C17H21BrN4OS. The third kappa shape index (κ3) is 4.84. The van der Waals surface area contributed by atoms with Crippen LogP contribution < -0.4 is 0 Å². The van der Waals surface area contributed by atoms with Gasteiger partial charge in [0.1, 0.15) is 0 Å². The highest BCUT2D eigenvalue weighted by Gasteiger charge is 2.20. The lowest BCUT2D eigenvalue weighted by molar-refractivity contribution is -0.130. The molecule has 0 bridgehead atoms. The lowest BCUT2D eigenvalue weighted by Gasteiger charge is -2.21. The molecule has 3 heterocycles. The van der Waals surface area contributed by atoms with Gasteiger partial charge in [0.25, 0.3) is 0 Å². The normalized spacial score (nSPS) is 16.2. The molecule has 0 N–H and O–H groups in total. The largest absolute Gasteiger partial charge is 0.341 e. The van der Waals surface area contributed by atoms with E-state index in [1.165, 1.54) is 0 Å². The van der Waals surface area contributed by atoms with Crippen molar-refractivity contribution in [2.24, 2.45) is 0 Å². The van der Waals surface area contributed by atoms with Gasteiger partial charge >= 0.3 is 0 Å². The second kappa shape index (κ2) is 8.18. The van der Waals surface area contributed by atoms with E-state index in [1.807, 2.05) is 17.9 Å². The topological polar surface area (TPSA) is 49.3 Å². The van der Waals surface area contributed by atoms with Crippen molar-refractivity contribution in [3.63, 3.8) is 0 Å². The molecule has 1 aliphatic rings. The van der Waals surface area contributed by atoms with E-state index in [0.717, 1.165) is 59.9 Å². The van der Waals surface area contributed by atoms with Crippen LogP contribution in [0, 0.1) is 6.92 Å². The Morgan fingerprint density at radius 1 is 1.29 bits per heavy atom. The summed E-state index contributed by atoms with van der Waals surface area (Å²) in [6.07, 6.45) is 4.92. The molecule has 1 aliphatic heterocycles. The number of thiazole rings is 1. The van der Waals surface area contributed by atoms with Gasteiger partial charge in [-0.05, 0) is 40.9 Å². The molecular weight excluding hydrogens is 388 g/mol. The molecule has 1 saturated heterocycles. The Morgan fingerprint density at radius 2 is 2.17 bits per heavy atom. The highest BCUT2D eigenvalue weighted by molar-refractivity contribution is 9.10. The van der Waals surface area contributed by atoms with Crippen molar-refractivity contribution < 1.29 is 4.79 Å². The van der Waals surface area contributed by atoms with Gasteiger partial charge in [0.2, 0.25) is 5.91 Å². The van der Waals surface area contributed by atoms with Crippen molar-refractivity contribution in [2.45, 2.75) is 26.3 Å². The van der Waals surface area contributed by atoms with Crippen molar-refractivity contribution >= 4 is 33.2 Å². The summed E-state index contributed by atoms with van der Waals surface area (Å²) in [5.74, 6) is 0.182. The van der Waals surface area contributed by atoms with Crippen LogP contribution in [-0.2, 0) is 17.8 Å². The maximum absolute atomic E-state index is 12.6. The van der Waals surface area contributed by atoms with Crippen LogP contribution in [0.5, 0.6) is 0 Å². The second-order valence-electron chi connectivity index (χ2n) is 6.06. The average Bonchev–Trinajstić information content (AvgIpc) is 2.81. The molecule has 0 radical (unpaired) electrons. The summed E-state index contributed by atoms with van der Waals surface area (Å²) in [6.45, 7) is 6.43. The summed E-state index contributed by atoms with van der Waals surface area (Å²) in [5, 5.41) is 3.24. The van der Waals surface area contributed by atoms with Crippen LogP contribution in [-0.4, -0.2) is 51.9 Å². The smallest absolute Gasteiger partial charge is 0.227 e. The van der Waals surface area contributed by atoms with Crippen molar-refractivity contribution in [3.05, 3.63) is 44.6 Å². The number of aryl methyl sites for hydroxylation is 1. The molecule has 7 heteroatoms. The number of hydrogen-bond donors (Lipinski definition) is 0. The van der Waals surface area contributed by atoms with Gasteiger partial charge in [-0.1, -0.05) is 0 Å². The maximum Gasteiger partial charge on any atom is 0.227 e. The van der Waals surface area contributed by atoms with Gasteiger partial charge in [-0.2, -0.15) is 0 Å². The average molecular weight is 409 g/mol. The molecule has 3 rings (SSSR count). The number of halogens is 1. The predicted molar refractivity (Wildman–Crippen MR) is 99.0 cm³/mol. The van der Waals surface area contributed by atoms with Crippen molar-refractivity contribution in [2.75, 3.05) is 26.2 Å². The zero-order chi connectivity index (χ0) is 16.9. The first-order valence-corrected chi connectivity index (χ1v) is 9.78. The van der Waals surface area contributed by atoms with Crippen LogP contribution in [0.25, 0.3) is 0 Å². The van der Waals surface area contributed by atoms with Gasteiger partial charge in [-0.15, -0.1) is 11.3 Å². The second-order valence-corrected chi connectivity index (χ2v) is 8.03. The Balaban J connectivity index is 1.53. The highest BCUT2D eigenvalue weighted by Crippen LogP contribution is 2.14. The van der Waals surface area contributed by atoms with Gasteiger partial charge in [0, 0.05) is 55.0 Å². The Hall–Kier alpha value is -1.31. The number of pyridine rings is 1. The first-order chi connectivity index (χ1) is 11.6. The SMILES string of the molecule is Cc1nc(CN2CCCN(C(=O)Cc3cncc(Br)c3)CC2)cs1. The van der Waals surface area contributed by atoms with E-state index in [-0.39, 0.29) is 5.91 Å². The van der Waals surface area contributed by atoms with Gasteiger partial charge in [-0.25, -0.2) is 4.98 Å². The fourth-order valence-corrected chi connectivity index (χ4v) is 3.94. The molecule has 1 amide bonds. The van der Waals surface area contributed by atoms with E-state index in [4.69, 9.17) is 0 Å². The molecule has 0 aromatic carbocycles. The van der Waals surface area contributed by atoms with Gasteiger partial charge in [0.05, 0.1) is 17.1 Å². The molecule has 0 spiro atoms. The first-order valence-electron chi connectivity index (χ1n) is 8.11. The fraction of sp³-hybridized carbons (Fsp3) is 0.471. The number of carbonyl (C=O) groups is 1. The van der Waals surface area contributed by atoms with Crippen LogP contribution in [0.1, 0.15) is 22.7 Å². The maximum atomic E-state index is 12.6. The Kier molecular flexibility index (Phi) is 5.97. The Bertz CT molecular complexity index is 705. The van der Waals surface area contributed by atoms with Gasteiger partial charge < -0.3 is 4.90 Å². The number of nitrogens with zero attached hydrogens (tertiary/aromatic N) is 4. The summed E-state index contributed by atoms with van der Waals surface area (Å²) in [6, 6.07) is 1.96. The zero-order valence-electron chi connectivity index (χ0n) is 13.7. The molecule has 0 saturated carbocycles. The lowest BCUT2D eigenvalue weighted by atomic mass is 10.2. The molecule has 1 fully saturated rings. The van der Waals surface area contributed by atoms with Crippen molar-refractivity contribution in [1.29, 1.82) is 0 Å². The fourth-order valence-electron chi connectivity index (χ4n) is 2.93. The van der Waals surface area contributed by atoms with Crippen LogP contribution in [0.3, 0.4) is 0 Å². The minimum absolute atomic E-state index is 0.182. The van der Waals surface area contributed by atoms with Crippen molar-refractivity contribution in [3.8, 4) is 0 Å². The summed E-state index contributed by atoms with van der Waals surface area (Å²) < 4.78 is 0.911. The molecule has 5 nitrogen and oxygen atoms in total. The number of carbonyl (C=O) groups excluding carboxylic acids is 1. The third-order valence-electron chi connectivity index (χ3n) is 4.11. The minimum Gasteiger partial charge on any atom is -0.341 e. The molecule has 2 aromatic rings. The van der Waals surface area contributed by atoms with E-state index < -0.39 is 0 Å². The lowest BCUT2D eigenvalue weighted by Crippen LogP contribution is -2.36. The van der Waals surface area contributed by atoms with E-state index in [0.29, 0.717) is 6.42 Å². The van der Waals surface area contributed by atoms with Crippen LogP contribution in [0.4, 0.5) is 0 Å². The molecule has 128 valence electrons. The Morgan fingerprint density at radius 3 is 2.92 bits per heavy atom.